The fourth-order valence-corrected chi connectivity index (χ4v) is 3.99. The predicted molar refractivity (Wildman–Crippen MR) is 144 cm³/mol. The molecule has 37 heavy (non-hydrogen) atoms. The van der Waals surface area contributed by atoms with E-state index in [4.69, 9.17) is 63.9 Å². The van der Waals surface area contributed by atoms with Crippen molar-refractivity contribution in [3.63, 3.8) is 0 Å². The van der Waals surface area contributed by atoms with E-state index in [0.717, 1.165) is 16.7 Å². The Hall–Kier alpha value is -2.16. The third kappa shape index (κ3) is 8.42. The van der Waals surface area contributed by atoms with E-state index < -0.39 is 34.3 Å². The molecule has 0 amide bonds. The maximum atomic E-state index is 8.08. The smallest absolute Gasteiger partial charge is 0.265 e. The third-order valence-electron chi connectivity index (χ3n) is 5.75. The quantitative estimate of drug-likeness (QED) is 0.174. The first-order chi connectivity index (χ1) is 17.9. The van der Waals surface area contributed by atoms with Crippen LogP contribution in [0.1, 0.15) is 16.7 Å². The van der Waals surface area contributed by atoms with Crippen LogP contribution < -0.4 is 0 Å². The Morgan fingerprint density at radius 2 is 1.14 bits per heavy atom. The minimum absolute atomic E-state index is 0.134. The topological polar surface area (TPSA) is 70.0 Å². The van der Waals surface area contributed by atoms with Crippen LogP contribution in [0.25, 0.3) is 0 Å². The molecule has 9 heteroatoms. The van der Waals surface area contributed by atoms with Gasteiger partial charge in [0.1, 0.15) is 18.3 Å². The Labute approximate surface area is 231 Å². The average Bonchev–Trinajstić information content (AvgIpc) is 2.91. The van der Waals surface area contributed by atoms with Crippen LogP contribution in [0.15, 0.2) is 91.0 Å². The van der Waals surface area contributed by atoms with E-state index in [0.29, 0.717) is 13.2 Å². The van der Waals surface area contributed by atoms with Crippen molar-refractivity contribution in [3.8, 4) is 0 Å². The van der Waals surface area contributed by atoms with Crippen LogP contribution in [0.2, 0.25) is 0 Å². The monoisotopic (exact) mass is 563 g/mol. The fourth-order valence-electron chi connectivity index (χ4n) is 3.86. The Balaban J connectivity index is 1.56. The number of nitrogens with one attached hydrogen (secondary N) is 1. The van der Waals surface area contributed by atoms with Gasteiger partial charge in [0.25, 0.3) is 3.79 Å². The second-order valence-corrected chi connectivity index (χ2v) is 10.8. The Morgan fingerprint density at radius 1 is 0.703 bits per heavy atom. The van der Waals surface area contributed by atoms with Crippen LogP contribution in [-0.4, -0.2) is 40.9 Å². The maximum Gasteiger partial charge on any atom is 0.265 e. The lowest BCUT2D eigenvalue weighted by Gasteiger charge is -2.42. The van der Waals surface area contributed by atoms with Gasteiger partial charge in [0.05, 0.1) is 26.4 Å². The number of hydrogen-bond donors (Lipinski definition) is 1. The van der Waals surface area contributed by atoms with E-state index in [1.165, 1.54) is 0 Å². The number of benzene rings is 3. The van der Waals surface area contributed by atoms with Crippen LogP contribution in [0, 0.1) is 5.41 Å². The molecule has 0 saturated carbocycles. The summed E-state index contributed by atoms with van der Waals surface area (Å²) in [5, 5.41) is 8.08. The van der Waals surface area contributed by atoms with Gasteiger partial charge in [-0.2, -0.15) is 0 Å². The zero-order valence-corrected chi connectivity index (χ0v) is 22.2. The first-order valence-corrected chi connectivity index (χ1v) is 12.9. The summed E-state index contributed by atoms with van der Waals surface area (Å²) in [5.74, 6) is -0.568. The van der Waals surface area contributed by atoms with Crippen molar-refractivity contribution in [2.45, 2.75) is 48.2 Å². The van der Waals surface area contributed by atoms with Gasteiger partial charge in [0.15, 0.2) is 0 Å². The van der Waals surface area contributed by atoms with E-state index in [1.807, 2.05) is 91.0 Å². The van der Waals surface area contributed by atoms with E-state index in [2.05, 4.69) is 0 Å². The van der Waals surface area contributed by atoms with Crippen molar-refractivity contribution >= 4 is 40.7 Å². The molecular weight excluding hydrogens is 537 g/mol. The van der Waals surface area contributed by atoms with Gasteiger partial charge in [-0.15, -0.1) is 0 Å². The van der Waals surface area contributed by atoms with Crippen LogP contribution in [0.3, 0.4) is 0 Å². The zero-order chi connectivity index (χ0) is 26.1. The Morgan fingerprint density at radius 3 is 1.59 bits per heavy atom. The van der Waals surface area contributed by atoms with Gasteiger partial charge < -0.3 is 23.7 Å². The van der Waals surface area contributed by atoms with Crippen LogP contribution in [0.5, 0.6) is 0 Å². The molecule has 4 atom stereocenters. The Bertz CT molecular complexity index is 1100. The van der Waals surface area contributed by atoms with E-state index in [9.17, 15) is 0 Å². The molecule has 0 aromatic heterocycles. The molecule has 1 heterocycles. The van der Waals surface area contributed by atoms with Gasteiger partial charge in [-0.05, 0) is 16.7 Å². The molecule has 3 aromatic carbocycles. The Kier molecular flexibility index (Phi) is 10.2. The highest BCUT2D eigenvalue weighted by molar-refractivity contribution is 6.76. The lowest BCUT2D eigenvalue weighted by atomic mass is 10.0. The summed E-state index contributed by atoms with van der Waals surface area (Å²) < 4.78 is 28.5. The summed E-state index contributed by atoms with van der Waals surface area (Å²) in [6, 6.07) is 29.3. The van der Waals surface area contributed by atoms with E-state index >= 15 is 0 Å². The summed E-state index contributed by atoms with van der Waals surface area (Å²) in [6.07, 6.45) is -2.92. The minimum Gasteiger partial charge on any atom is -0.445 e. The zero-order valence-electron chi connectivity index (χ0n) is 20.0. The molecule has 4 rings (SSSR count). The molecule has 0 spiro atoms. The highest BCUT2D eigenvalue weighted by atomic mass is 35.6. The number of ether oxygens (including phenoxy) is 5. The maximum absolute atomic E-state index is 8.08. The van der Waals surface area contributed by atoms with Gasteiger partial charge >= 0.3 is 0 Å². The highest BCUT2D eigenvalue weighted by Crippen LogP contribution is 2.32. The molecule has 0 aliphatic carbocycles. The molecule has 1 saturated heterocycles. The van der Waals surface area contributed by atoms with Crippen LogP contribution in [-0.2, 0) is 43.5 Å². The standard InChI is InChI=1S/C28H28Cl3NO5/c29-28(30,31)27(32)37-26-25(35-18-22-14-8-3-9-15-22)24(34-17-21-12-6-2-7-13-21)23(19-36-26)33-16-20-10-4-1-5-11-20/h1-15,23-26,32H,16-19H2/t23-,24+,25-,26?/m1/s1. The SMILES string of the molecule is N=C(OC1OC[C@@H](OCc2ccccc2)[C@H](OCc2ccccc2)[C@H]1OCc1ccccc1)C(Cl)(Cl)Cl. The highest BCUT2D eigenvalue weighted by Gasteiger charge is 2.46. The predicted octanol–water partition coefficient (Wildman–Crippen LogP) is 6.46. The third-order valence-corrected chi connectivity index (χ3v) is 6.27. The van der Waals surface area contributed by atoms with Crippen LogP contribution >= 0.6 is 34.8 Å². The summed E-state index contributed by atoms with van der Waals surface area (Å²) >= 11 is 17.6. The van der Waals surface area contributed by atoms with Crippen LogP contribution in [0.4, 0.5) is 0 Å². The summed E-state index contributed by atoms with van der Waals surface area (Å²) in [6.45, 7) is 1.07. The lowest BCUT2D eigenvalue weighted by Crippen LogP contribution is -2.57. The molecule has 1 aliphatic rings. The van der Waals surface area contributed by atoms with Gasteiger partial charge in [0.2, 0.25) is 12.2 Å². The number of rotatable bonds is 10. The molecule has 1 fully saturated rings. The summed E-state index contributed by atoms with van der Waals surface area (Å²) in [4.78, 5) is 0. The summed E-state index contributed by atoms with van der Waals surface area (Å²) in [7, 11) is 0. The van der Waals surface area contributed by atoms with Crippen molar-refractivity contribution in [1.82, 2.24) is 0 Å². The molecule has 1 unspecified atom stereocenters. The number of halogens is 3. The first-order valence-electron chi connectivity index (χ1n) is 11.8. The summed E-state index contributed by atoms with van der Waals surface area (Å²) in [5.41, 5.74) is 2.96. The van der Waals surface area contributed by atoms with Gasteiger partial charge in [-0.1, -0.05) is 126 Å². The molecule has 3 aromatic rings. The van der Waals surface area contributed by atoms with E-state index in [1.54, 1.807) is 0 Å². The molecular formula is C28H28Cl3NO5. The largest absolute Gasteiger partial charge is 0.445 e. The second-order valence-electron chi connectivity index (χ2n) is 8.50. The van der Waals surface area contributed by atoms with Crippen molar-refractivity contribution < 1.29 is 23.7 Å². The van der Waals surface area contributed by atoms with Crippen molar-refractivity contribution in [2.75, 3.05) is 6.61 Å². The second kappa shape index (κ2) is 13.6. The minimum atomic E-state index is -2.05. The number of alkyl halides is 3. The van der Waals surface area contributed by atoms with Crippen molar-refractivity contribution in [3.05, 3.63) is 108 Å². The molecule has 0 radical (unpaired) electrons. The first kappa shape index (κ1) is 27.9. The van der Waals surface area contributed by atoms with Gasteiger partial charge in [-0.3, -0.25) is 5.41 Å². The van der Waals surface area contributed by atoms with E-state index in [-0.39, 0.29) is 13.2 Å². The molecule has 1 N–H and O–H groups in total. The molecule has 1 aliphatic heterocycles. The number of hydrogen-bond acceptors (Lipinski definition) is 6. The lowest BCUT2D eigenvalue weighted by molar-refractivity contribution is -0.282. The molecule has 0 bridgehead atoms. The van der Waals surface area contributed by atoms with Gasteiger partial charge in [0, 0.05) is 0 Å². The molecule has 196 valence electrons. The van der Waals surface area contributed by atoms with Crippen molar-refractivity contribution in [1.29, 1.82) is 5.41 Å². The van der Waals surface area contributed by atoms with Crippen molar-refractivity contribution in [2.24, 2.45) is 0 Å². The average molecular weight is 565 g/mol. The molecule has 6 nitrogen and oxygen atoms in total. The fraction of sp³-hybridized carbons (Fsp3) is 0.321. The normalized spacial score (nSPS) is 21.9. The van der Waals surface area contributed by atoms with Gasteiger partial charge in [-0.25, -0.2) is 0 Å².